The van der Waals surface area contributed by atoms with Crippen LogP contribution in [0.4, 0.5) is 0 Å². The number of ether oxygens (including phenoxy) is 4. The number of hydrogen-bond donors (Lipinski definition) is 2. The maximum absolute atomic E-state index is 15.8. The summed E-state index contributed by atoms with van der Waals surface area (Å²) in [5.41, 5.74) is 2.24. The molecule has 3 saturated heterocycles. The van der Waals surface area contributed by atoms with E-state index in [1.165, 1.54) is 20.9 Å². The number of carbonyl (C=O) groups excluding carboxylic acids is 5. The van der Waals surface area contributed by atoms with Gasteiger partial charge in [0.25, 0.3) is 0 Å². The van der Waals surface area contributed by atoms with Crippen LogP contribution in [0.15, 0.2) is 84.9 Å². The van der Waals surface area contributed by atoms with Crippen molar-refractivity contribution in [2.45, 2.75) is 120 Å². The van der Waals surface area contributed by atoms with Gasteiger partial charge < -0.3 is 39.2 Å². The number of nitrogens with one attached hydrogen (secondary N) is 1. The topological polar surface area (TPSA) is 173 Å². The Balaban J connectivity index is 1.12. The lowest BCUT2D eigenvalue weighted by Crippen LogP contribution is -2.70. The van der Waals surface area contributed by atoms with E-state index in [0.717, 1.165) is 27.8 Å². The highest BCUT2D eigenvalue weighted by Crippen LogP contribution is 2.59. The molecule has 4 fully saturated rings. The number of rotatable bonds is 14. The largest absolute Gasteiger partial charge is 0.460 e. The highest BCUT2D eigenvalue weighted by Gasteiger charge is 2.77. The van der Waals surface area contributed by atoms with E-state index in [9.17, 15) is 24.3 Å². The number of fused-ring (bicyclic) bond motifs is 5. The van der Waals surface area contributed by atoms with Crippen LogP contribution in [0, 0.1) is 5.41 Å². The second-order valence-corrected chi connectivity index (χ2v) is 18.9. The summed E-state index contributed by atoms with van der Waals surface area (Å²) in [6.45, 7) is 4.94. The Labute approximate surface area is 373 Å². The van der Waals surface area contributed by atoms with Crippen molar-refractivity contribution in [1.29, 1.82) is 0 Å². The van der Waals surface area contributed by atoms with Crippen LogP contribution in [0.1, 0.15) is 67.9 Å². The van der Waals surface area contributed by atoms with Crippen LogP contribution < -0.4 is 5.32 Å². The van der Waals surface area contributed by atoms with E-state index in [1.54, 1.807) is 48.0 Å². The molecular formula is C49H58N4O11. The van der Waals surface area contributed by atoms with Crippen LogP contribution in [0.2, 0.25) is 0 Å². The lowest BCUT2D eigenvalue weighted by atomic mass is 9.62. The van der Waals surface area contributed by atoms with Crippen molar-refractivity contribution < 1.29 is 52.9 Å². The summed E-state index contributed by atoms with van der Waals surface area (Å²) < 4.78 is 25.4. The zero-order valence-electron chi connectivity index (χ0n) is 37.2. The minimum absolute atomic E-state index is 0.0448. The number of hydroxylamine groups is 2. The van der Waals surface area contributed by atoms with Crippen molar-refractivity contribution in [2.24, 2.45) is 5.41 Å². The number of esters is 2. The predicted molar refractivity (Wildman–Crippen MR) is 232 cm³/mol. The average Bonchev–Trinajstić information content (AvgIpc) is 3.94. The average molecular weight is 879 g/mol. The van der Waals surface area contributed by atoms with Crippen molar-refractivity contribution in [3.8, 4) is 0 Å². The molecule has 3 aliphatic heterocycles. The van der Waals surface area contributed by atoms with Gasteiger partial charge >= 0.3 is 11.9 Å². The molecule has 3 heterocycles. The van der Waals surface area contributed by atoms with Crippen LogP contribution in [0.3, 0.4) is 0 Å². The molecule has 3 amide bonds. The van der Waals surface area contributed by atoms with E-state index in [1.807, 2.05) is 78.9 Å². The minimum Gasteiger partial charge on any atom is -0.460 e. The van der Waals surface area contributed by atoms with Gasteiger partial charge in [-0.15, -0.1) is 0 Å². The summed E-state index contributed by atoms with van der Waals surface area (Å²) in [6.07, 6.45) is 0.957. The van der Waals surface area contributed by atoms with Gasteiger partial charge in [0.05, 0.1) is 19.2 Å². The van der Waals surface area contributed by atoms with E-state index < -0.39 is 89.7 Å². The minimum atomic E-state index is -1.58. The van der Waals surface area contributed by atoms with E-state index in [-0.39, 0.29) is 38.1 Å². The van der Waals surface area contributed by atoms with E-state index in [0.29, 0.717) is 12.8 Å². The number of likely N-dealkylation sites (N-methyl/N-ethyl adjacent to an activating group) is 2. The number of aliphatic hydroxyl groups excluding tert-OH is 1. The highest BCUT2D eigenvalue weighted by molar-refractivity contribution is 5.96. The van der Waals surface area contributed by atoms with E-state index >= 15 is 4.79 Å². The lowest BCUT2D eigenvalue weighted by Gasteiger charge is -2.50. The molecule has 3 aromatic carbocycles. The first-order valence-corrected chi connectivity index (χ1v) is 22.0. The maximum Gasteiger partial charge on any atom is 0.327 e. The third kappa shape index (κ3) is 8.96. The Morgan fingerprint density at radius 3 is 2.22 bits per heavy atom. The van der Waals surface area contributed by atoms with E-state index in [4.69, 9.17) is 23.8 Å². The van der Waals surface area contributed by atoms with Gasteiger partial charge in [0.15, 0.2) is 11.8 Å². The summed E-state index contributed by atoms with van der Waals surface area (Å²) in [6, 6.07) is 21.6. The summed E-state index contributed by atoms with van der Waals surface area (Å²) >= 11 is 0. The van der Waals surface area contributed by atoms with Gasteiger partial charge in [0, 0.05) is 59.3 Å². The molecule has 15 nitrogen and oxygen atoms in total. The summed E-state index contributed by atoms with van der Waals surface area (Å²) in [4.78, 5) is 79.3. The first-order valence-electron chi connectivity index (χ1n) is 22.0. The fraction of sp³-hybridized carbons (Fsp3) is 0.490. The number of benzene rings is 3. The van der Waals surface area contributed by atoms with Crippen LogP contribution in [0.25, 0.3) is 6.08 Å². The number of nitrogens with zero attached hydrogens (tertiary/aromatic N) is 3. The zero-order valence-corrected chi connectivity index (χ0v) is 37.2. The molecule has 2 N–H and O–H groups in total. The van der Waals surface area contributed by atoms with Crippen molar-refractivity contribution in [2.75, 3.05) is 27.7 Å². The van der Waals surface area contributed by atoms with Gasteiger partial charge in [0.1, 0.15) is 41.5 Å². The van der Waals surface area contributed by atoms with Crippen LogP contribution in [-0.2, 0) is 73.6 Å². The zero-order chi connectivity index (χ0) is 45.6. The molecule has 0 radical (unpaired) electrons. The molecular weight excluding hydrogens is 821 g/mol. The number of aliphatic hydroxyl groups is 1. The van der Waals surface area contributed by atoms with Crippen molar-refractivity contribution in [3.63, 3.8) is 0 Å². The molecule has 64 heavy (non-hydrogen) atoms. The number of hydrogen-bond acceptors (Lipinski definition) is 12. The van der Waals surface area contributed by atoms with Crippen LogP contribution >= 0.6 is 0 Å². The van der Waals surface area contributed by atoms with Crippen LogP contribution in [0.5, 0.6) is 0 Å². The molecule has 2 bridgehead atoms. The molecule has 1 saturated carbocycles. The summed E-state index contributed by atoms with van der Waals surface area (Å²) in [5, 5.41) is 14.8. The standard InChI is InChI=1S/C49H58N4O11/c1-47(2,3)61-39(56)23-21-35(29-54)50-44(57)36(24-31-12-8-7-9-13-31)52(6)46(59)49-27-37-40-41(63-48(62-40)25-33-14-10-11-15-34(33)26-48)43(49)64-53(42(49)45(58)60-37)28-32-18-16-30(17-19-32)20-22-38(55)51(4)5/h7-20,22,35-37,40-43,54H,21,23-29H2,1-6H3,(H,50,57). The predicted octanol–water partition coefficient (Wildman–Crippen LogP) is 3.54. The third-order valence-electron chi connectivity index (χ3n) is 12.9. The quantitative estimate of drug-likeness (QED) is 0.179. The van der Waals surface area contributed by atoms with Gasteiger partial charge in [-0.1, -0.05) is 78.9 Å². The van der Waals surface area contributed by atoms with Crippen molar-refractivity contribution in [3.05, 3.63) is 113 Å². The first-order chi connectivity index (χ1) is 30.5. The number of amides is 3. The Morgan fingerprint density at radius 2 is 1.58 bits per heavy atom. The third-order valence-corrected chi connectivity index (χ3v) is 12.9. The Bertz CT molecular complexity index is 2250. The van der Waals surface area contributed by atoms with Gasteiger partial charge in [-0.05, 0) is 61.1 Å². The molecule has 340 valence electrons. The van der Waals surface area contributed by atoms with Crippen molar-refractivity contribution in [1.82, 2.24) is 20.2 Å². The maximum atomic E-state index is 15.8. The summed E-state index contributed by atoms with van der Waals surface area (Å²) in [5.74, 6) is -3.37. The molecule has 3 aromatic rings. The van der Waals surface area contributed by atoms with E-state index in [2.05, 4.69) is 5.32 Å². The second-order valence-electron chi connectivity index (χ2n) is 18.9. The van der Waals surface area contributed by atoms with Gasteiger partial charge in [0.2, 0.25) is 17.7 Å². The molecule has 1 spiro atoms. The monoisotopic (exact) mass is 878 g/mol. The molecule has 8 unspecified atom stereocenters. The Morgan fingerprint density at radius 1 is 0.922 bits per heavy atom. The van der Waals surface area contributed by atoms with Crippen LogP contribution in [-0.4, -0.2) is 131 Å². The SMILES string of the molecule is CN(C)C(=O)C=Cc1ccc(CN2OC3C4OC5(Cc6ccccc6C5)OC4C4CC3(C(=O)N(C)C(Cc3ccccc3)C(=O)NC(CO)CCC(=O)OC(C)(C)C)C2C(=O)O4)cc1. The fourth-order valence-corrected chi connectivity index (χ4v) is 9.87. The molecule has 8 atom stereocenters. The smallest absolute Gasteiger partial charge is 0.327 e. The Hall–Kier alpha value is -5.45. The first kappa shape index (κ1) is 45.1. The molecule has 0 aromatic heterocycles. The molecule has 8 rings (SSSR count). The molecule has 15 heteroatoms. The lowest BCUT2D eigenvalue weighted by molar-refractivity contribution is -0.218. The van der Waals surface area contributed by atoms with Gasteiger partial charge in [-0.3, -0.25) is 28.8 Å². The normalized spacial score (nSPS) is 26.2. The fourth-order valence-electron chi connectivity index (χ4n) is 9.87. The molecule has 5 aliphatic rings. The molecule has 2 aliphatic carbocycles. The Kier molecular flexibility index (Phi) is 12.6. The number of carbonyl (C=O) groups is 5. The second kappa shape index (κ2) is 17.8. The highest BCUT2D eigenvalue weighted by atomic mass is 16.8. The van der Waals surface area contributed by atoms with Gasteiger partial charge in [-0.2, -0.15) is 5.06 Å². The summed E-state index contributed by atoms with van der Waals surface area (Å²) in [7, 11) is 4.91. The van der Waals surface area contributed by atoms with Crippen molar-refractivity contribution >= 4 is 35.7 Å². The van der Waals surface area contributed by atoms with Gasteiger partial charge in [-0.25, -0.2) is 0 Å².